The zero-order valence-electron chi connectivity index (χ0n) is 9.99. The van der Waals surface area contributed by atoms with Gasteiger partial charge in [0.1, 0.15) is 5.75 Å². The number of benzene rings is 1. The van der Waals surface area contributed by atoms with Gasteiger partial charge < -0.3 is 4.74 Å². The van der Waals surface area contributed by atoms with Crippen LogP contribution in [0.4, 0.5) is 13.2 Å². The molecule has 0 spiro atoms. The van der Waals surface area contributed by atoms with Crippen LogP contribution in [0.2, 0.25) is 0 Å². The highest BCUT2D eigenvalue weighted by molar-refractivity contribution is 7.89. The van der Waals surface area contributed by atoms with Crippen molar-refractivity contribution in [3.8, 4) is 5.75 Å². The summed E-state index contributed by atoms with van der Waals surface area (Å²) in [5, 5.41) is 0. The molecule has 2 rings (SSSR count). The Bertz CT molecular complexity index is 583. The summed E-state index contributed by atoms with van der Waals surface area (Å²) in [4.78, 5) is 0.00590. The first-order valence-electron chi connectivity index (χ1n) is 5.56. The molecule has 0 bridgehead atoms. The maximum Gasteiger partial charge on any atom is 0.573 e. The Balaban J connectivity index is 2.43. The number of rotatable bonds is 1. The van der Waals surface area contributed by atoms with Crippen LogP contribution >= 0.6 is 0 Å². The Morgan fingerprint density at radius 1 is 1.37 bits per heavy atom. The lowest BCUT2D eigenvalue weighted by atomic mass is 10.0. The molecule has 8 heteroatoms. The number of hydrogen-bond acceptors (Lipinski definition) is 3. The number of nitrogens with one attached hydrogen (secondary N) is 1. The van der Waals surface area contributed by atoms with Crippen molar-refractivity contribution >= 4 is 10.0 Å². The molecule has 19 heavy (non-hydrogen) atoms. The Morgan fingerprint density at radius 3 is 2.68 bits per heavy atom. The SMILES string of the molecule is CC1CNS(=O)(=O)c2ccc(OC(F)(F)F)cc2C1. The van der Waals surface area contributed by atoms with E-state index in [2.05, 4.69) is 9.46 Å². The van der Waals surface area contributed by atoms with Crippen molar-refractivity contribution in [2.45, 2.75) is 24.6 Å². The molecule has 0 aliphatic carbocycles. The number of hydrogen-bond donors (Lipinski definition) is 1. The fraction of sp³-hybridized carbons (Fsp3) is 0.455. The van der Waals surface area contributed by atoms with Gasteiger partial charge in [0, 0.05) is 6.54 Å². The van der Waals surface area contributed by atoms with Crippen LogP contribution < -0.4 is 9.46 Å². The Labute approximate surface area is 108 Å². The Hall–Kier alpha value is -1.28. The minimum atomic E-state index is -4.79. The van der Waals surface area contributed by atoms with Crippen LogP contribution in [0.25, 0.3) is 0 Å². The molecular formula is C11H12F3NO3S. The topological polar surface area (TPSA) is 55.4 Å². The van der Waals surface area contributed by atoms with Crippen molar-refractivity contribution in [3.05, 3.63) is 23.8 Å². The van der Waals surface area contributed by atoms with Gasteiger partial charge in [-0.3, -0.25) is 0 Å². The molecule has 1 aliphatic rings. The lowest BCUT2D eigenvalue weighted by Gasteiger charge is -2.12. The van der Waals surface area contributed by atoms with Crippen LogP contribution in [0.5, 0.6) is 5.75 Å². The second-order valence-corrected chi connectivity index (χ2v) is 6.21. The lowest BCUT2D eigenvalue weighted by Crippen LogP contribution is -2.26. The minimum absolute atomic E-state index is 0.00263. The number of fused-ring (bicyclic) bond motifs is 1. The van der Waals surface area contributed by atoms with Crippen LogP contribution in [0, 0.1) is 5.92 Å². The summed E-state index contributed by atoms with van der Waals surface area (Å²) in [6.45, 7) is 2.07. The first kappa shape index (κ1) is 14.1. The third-order valence-corrected chi connectivity index (χ3v) is 4.27. The van der Waals surface area contributed by atoms with Crippen LogP contribution in [-0.4, -0.2) is 21.3 Å². The van der Waals surface area contributed by atoms with Gasteiger partial charge in [0.05, 0.1) is 4.90 Å². The fourth-order valence-electron chi connectivity index (χ4n) is 1.95. The third kappa shape index (κ3) is 3.38. The number of halogens is 3. The van der Waals surface area contributed by atoms with Gasteiger partial charge in [0.25, 0.3) is 0 Å². The smallest absolute Gasteiger partial charge is 0.406 e. The predicted octanol–water partition coefficient (Wildman–Crippen LogP) is 2.06. The standard InChI is InChI=1S/C11H12F3NO3S/c1-7-4-8-5-9(18-11(12,13)14)2-3-10(8)19(16,17)15-6-7/h2-3,5,7,15H,4,6H2,1H3. The van der Waals surface area contributed by atoms with Gasteiger partial charge in [-0.05, 0) is 36.1 Å². The van der Waals surface area contributed by atoms with Crippen molar-refractivity contribution in [2.75, 3.05) is 6.54 Å². The summed E-state index contributed by atoms with van der Waals surface area (Å²) in [6, 6.07) is 3.27. The second-order valence-electron chi connectivity index (χ2n) is 4.48. The summed E-state index contributed by atoms with van der Waals surface area (Å²) < 4.78 is 66.3. The average molecular weight is 295 g/mol. The van der Waals surface area contributed by atoms with E-state index in [4.69, 9.17) is 0 Å². The lowest BCUT2D eigenvalue weighted by molar-refractivity contribution is -0.274. The molecule has 0 fully saturated rings. The van der Waals surface area contributed by atoms with E-state index in [1.807, 2.05) is 6.92 Å². The van der Waals surface area contributed by atoms with E-state index in [9.17, 15) is 21.6 Å². The third-order valence-electron chi connectivity index (χ3n) is 2.75. The highest BCUT2D eigenvalue weighted by Gasteiger charge is 2.32. The van der Waals surface area contributed by atoms with Crippen LogP contribution in [-0.2, 0) is 16.4 Å². The highest BCUT2D eigenvalue weighted by Crippen LogP contribution is 2.29. The van der Waals surface area contributed by atoms with E-state index in [0.29, 0.717) is 12.0 Å². The van der Waals surface area contributed by atoms with E-state index < -0.39 is 22.1 Å². The summed E-state index contributed by atoms with van der Waals surface area (Å²) in [6.07, 6.45) is -4.42. The molecule has 1 heterocycles. The monoisotopic (exact) mass is 295 g/mol. The molecule has 0 saturated carbocycles. The van der Waals surface area contributed by atoms with Gasteiger partial charge in [-0.1, -0.05) is 6.92 Å². The average Bonchev–Trinajstić information content (AvgIpc) is 2.34. The van der Waals surface area contributed by atoms with Crippen molar-refractivity contribution < 1.29 is 26.3 Å². The maximum absolute atomic E-state index is 12.1. The van der Waals surface area contributed by atoms with Crippen LogP contribution in [0.3, 0.4) is 0 Å². The molecule has 1 aromatic rings. The van der Waals surface area contributed by atoms with E-state index in [-0.39, 0.29) is 17.4 Å². The fourth-order valence-corrected chi connectivity index (χ4v) is 3.35. The number of sulfonamides is 1. The normalized spacial score (nSPS) is 22.4. The first-order chi connectivity index (χ1) is 8.67. The van der Waals surface area contributed by atoms with Crippen molar-refractivity contribution in [2.24, 2.45) is 5.92 Å². The molecule has 0 aromatic heterocycles. The molecule has 1 aromatic carbocycles. The first-order valence-corrected chi connectivity index (χ1v) is 7.04. The van der Waals surface area contributed by atoms with Gasteiger partial charge >= 0.3 is 6.36 Å². The van der Waals surface area contributed by atoms with Gasteiger partial charge in [-0.25, -0.2) is 13.1 Å². The minimum Gasteiger partial charge on any atom is -0.406 e. The van der Waals surface area contributed by atoms with E-state index >= 15 is 0 Å². The van der Waals surface area contributed by atoms with E-state index in [1.165, 1.54) is 0 Å². The van der Waals surface area contributed by atoms with Gasteiger partial charge in [0.15, 0.2) is 0 Å². The summed E-state index contributed by atoms with van der Waals surface area (Å²) in [5.41, 5.74) is 0.333. The van der Waals surface area contributed by atoms with Gasteiger partial charge in [-0.2, -0.15) is 0 Å². The Morgan fingerprint density at radius 2 is 2.05 bits per heavy atom. The molecular weight excluding hydrogens is 283 g/mol. The van der Waals surface area contributed by atoms with E-state index in [1.54, 1.807) is 0 Å². The molecule has 1 unspecified atom stereocenters. The van der Waals surface area contributed by atoms with Crippen LogP contribution in [0.1, 0.15) is 12.5 Å². The molecule has 1 aliphatic heterocycles. The molecule has 106 valence electrons. The maximum atomic E-state index is 12.1. The zero-order valence-corrected chi connectivity index (χ0v) is 10.8. The highest BCUT2D eigenvalue weighted by atomic mass is 32.2. The van der Waals surface area contributed by atoms with Gasteiger partial charge in [-0.15, -0.1) is 13.2 Å². The summed E-state index contributed by atoms with van der Waals surface area (Å²) in [7, 11) is -3.66. The number of alkyl halides is 3. The molecule has 4 nitrogen and oxygen atoms in total. The molecule has 0 amide bonds. The Kier molecular flexibility index (Phi) is 3.48. The van der Waals surface area contributed by atoms with Crippen LogP contribution in [0.15, 0.2) is 23.1 Å². The second kappa shape index (κ2) is 4.68. The predicted molar refractivity (Wildman–Crippen MR) is 61.2 cm³/mol. The van der Waals surface area contributed by atoms with Crippen molar-refractivity contribution in [1.82, 2.24) is 4.72 Å². The quantitative estimate of drug-likeness (QED) is 0.863. The summed E-state index contributed by atoms with van der Waals surface area (Å²) >= 11 is 0. The van der Waals surface area contributed by atoms with Crippen molar-refractivity contribution in [1.29, 1.82) is 0 Å². The molecule has 0 radical (unpaired) electrons. The van der Waals surface area contributed by atoms with E-state index in [0.717, 1.165) is 18.2 Å². The van der Waals surface area contributed by atoms with Crippen molar-refractivity contribution in [3.63, 3.8) is 0 Å². The van der Waals surface area contributed by atoms with Gasteiger partial charge in [0.2, 0.25) is 10.0 Å². The summed E-state index contributed by atoms with van der Waals surface area (Å²) in [5.74, 6) is -0.410. The molecule has 1 atom stereocenters. The zero-order chi connectivity index (χ0) is 14.3. The molecule has 0 saturated heterocycles. The largest absolute Gasteiger partial charge is 0.573 e. The number of ether oxygens (including phenoxy) is 1. The molecule has 1 N–H and O–H groups in total.